The van der Waals surface area contributed by atoms with E-state index in [0.29, 0.717) is 0 Å². The molecule has 1 aliphatic rings. The largest absolute Gasteiger partial charge is 0.366 e. The number of nitrogens with one attached hydrogen (secondary N) is 1. The topological polar surface area (TPSA) is 55.1 Å². The number of rotatable bonds is 1. The maximum absolute atomic E-state index is 9.47. The fourth-order valence-corrected chi connectivity index (χ4v) is 0.802. The van der Waals surface area contributed by atoms with Gasteiger partial charge in [-0.15, -0.1) is 0 Å². The first kappa shape index (κ1) is 10.2. The summed E-state index contributed by atoms with van der Waals surface area (Å²) in [4.78, 5) is 9.47. The van der Waals surface area contributed by atoms with Gasteiger partial charge >= 0.3 is 0 Å². The minimum absolute atomic E-state index is 0.481. The van der Waals surface area contributed by atoms with Crippen molar-refractivity contribution < 1.29 is 4.79 Å². The van der Waals surface area contributed by atoms with Gasteiger partial charge in [-0.1, -0.05) is 13.0 Å². The van der Waals surface area contributed by atoms with E-state index in [1.165, 1.54) is 32.4 Å². The van der Waals surface area contributed by atoms with Crippen molar-refractivity contribution in [3.05, 3.63) is 12.7 Å². The Morgan fingerprint density at radius 1 is 1.36 bits per heavy atom. The molecule has 0 aliphatic carbocycles. The first-order chi connectivity index (χ1) is 5.27. The van der Waals surface area contributed by atoms with Gasteiger partial charge in [-0.05, 0) is 32.0 Å². The molecule has 0 aromatic rings. The van der Waals surface area contributed by atoms with E-state index in [9.17, 15) is 4.79 Å². The van der Waals surface area contributed by atoms with E-state index in [0.717, 1.165) is 6.08 Å². The Morgan fingerprint density at radius 3 is 1.91 bits per heavy atom. The molecule has 0 bridgehead atoms. The van der Waals surface area contributed by atoms with Crippen molar-refractivity contribution in [1.82, 2.24) is 5.32 Å². The first-order valence-electron chi connectivity index (χ1n) is 3.90. The molecule has 1 rings (SSSR count). The summed E-state index contributed by atoms with van der Waals surface area (Å²) in [6, 6.07) is 0. The van der Waals surface area contributed by atoms with Crippen molar-refractivity contribution in [2.24, 2.45) is 5.73 Å². The molecule has 3 nitrogen and oxygen atoms in total. The summed E-state index contributed by atoms with van der Waals surface area (Å²) in [6.45, 7) is 5.59. The molecule has 1 saturated heterocycles. The van der Waals surface area contributed by atoms with Crippen molar-refractivity contribution in [2.45, 2.75) is 19.3 Å². The van der Waals surface area contributed by atoms with Gasteiger partial charge in [0.15, 0.2) is 0 Å². The zero-order valence-electron chi connectivity index (χ0n) is 6.81. The predicted octanol–water partition coefficient (Wildman–Crippen LogP) is 0.418. The summed E-state index contributed by atoms with van der Waals surface area (Å²) >= 11 is 0. The Morgan fingerprint density at radius 2 is 1.82 bits per heavy atom. The van der Waals surface area contributed by atoms with Crippen molar-refractivity contribution >= 4 is 5.91 Å². The van der Waals surface area contributed by atoms with Crippen molar-refractivity contribution in [2.75, 3.05) is 13.1 Å². The molecule has 3 heteroatoms. The Balaban J connectivity index is 0.000000187. The second kappa shape index (κ2) is 7.28. The summed E-state index contributed by atoms with van der Waals surface area (Å²) in [5.74, 6) is -0.481. The van der Waals surface area contributed by atoms with Crippen molar-refractivity contribution in [3.63, 3.8) is 0 Å². The minimum atomic E-state index is -0.481. The number of piperidine rings is 1. The lowest BCUT2D eigenvalue weighted by molar-refractivity contribution is -0.113. The zero-order valence-corrected chi connectivity index (χ0v) is 6.81. The van der Waals surface area contributed by atoms with Crippen LogP contribution in [-0.4, -0.2) is 19.0 Å². The fourth-order valence-electron chi connectivity index (χ4n) is 0.802. The van der Waals surface area contributed by atoms with Gasteiger partial charge in [0.2, 0.25) is 5.91 Å². The molecule has 1 heterocycles. The summed E-state index contributed by atoms with van der Waals surface area (Å²) in [5.41, 5.74) is 4.53. The van der Waals surface area contributed by atoms with Crippen LogP contribution < -0.4 is 11.1 Å². The van der Waals surface area contributed by atoms with E-state index in [1.807, 2.05) is 0 Å². The number of hydrogen-bond donors (Lipinski definition) is 2. The van der Waals surface area contributed by atoms with Crippen LogP contribution in [0.3, 0.4) is 0 Å². The van der Waals surface area contributed by atoms with Crippen LogP contribution in [0.1, 0.15) is 19.3 Å². The third kappa shape index (κ3) is 9.17. The lowest BCUT2D eigenvalue weighted by Crippen LogP contribution is -2.21. The van der Waals surface area contributed by atoms with Crippen molar-refractivity contribution in [1.29, 1.82) is 0 Å². The van der Waals surface area contributed by atoms with Crippen LogP contribution >= 0.6 is 0 Å². The smallest absolute Gasteiger partial charge is 0.240 e. The van der Waals surface area contributed by atoms with Crippen molar-refractivity contribution in [3.8, 4) is 0 Å². The number of amides is 1. The average molecular weight is 156 g/mol. The van der Waals surface area contributed by atoms with E-state index in [-0.39, 0.29) is 0 Å². The van der Waals surface area contributed by atoms with Crippen LogP contribution in [0.15, 0.2) is 12.7 Å². The second-order valence-corrected chi connectivity index (χ2v) is 2.42. The van der Waals surface area contributed by atoms with Gasteiger partial charge in [0.1, 0.15) is 0 Å². The molecule has 1 aliphatic heterocycles. The molecule has 0 radical (unpaired) electrons. The lowest BCUT2D eigenvalue weighted by Gasteiger charge is -2.08. The number of carbonyl (C=O) groups is 1. The highest BCUT2D eigenvalue weighted by molar-refractivity contribution is 5.84. The van der Waals surface area contributed by atoms with Crippen LogP contribution in [0.2, 0.25) is 0 Å². The fraction of sp³-hybridized carbons (Fsp3) is 0.625. The standard InChI is InChI=1S/C5H11N.C3H5NO/c1-2-4-6-5-3-1;1-2-3(4)5/h6H,1-5H2;2H,1H2,(H2,4,5). The van der Waals surface area contributed by atoms with E-state index in [1.54, 1.807) is 0 Å². The van der Waals surface area contributed by atoms with E-state index >= 15 is 0 Å². The molecule has 0 spiro atoms. The van der Waals surface area contributed by atoms with Crippen LogP contribution in [0.25, 0.3) is 0 Å². The van der Waals surface area contributed by atoms with Crippen LogP contribution in [0, 0.1) is 0 Å². The molecule has 11 heavy (non-hydrogen) atoms. The van der Waals surface area contributed by atoms with Gasteiger partial charge < -0.3 is 11.1 Å². The first-order valence-corrected chi connectivity index (χ1v) is 3.90. The Labute approximate surface area is 67.7 Å². The molecule has 1 fully saturated rings. The Hall–Kier alpha value is -0.830. The summed E-state index contributed by atoms with van der Waals surface area (Å²) in [5, 5.41) is 3.28. The zero-order chi connectivity index (χ0) is 8.53. The summed E-state index contributed by atoms with van der Waals surface area (Å²) in [6.07, 6.45) is 5.27. The van der Waals surface area contributed by atoms with E-state index in [4.69, 9.17) is 0 Å². The number of carbonyl (C=O) groups excluding carboxylic acids is 1. The highest BCUT2D eigenvalue weighted by atomic mass is 16.1. The van der Waals surface area contributed by atoms with Crippen LogP contribution in [0.5, 0.6) is 0 Å². The maximum atomic E-state index is 9.47. The summed E-state index contributed by atoms with van der Waals surface area (Å²) < 4.78 is 0. The molecule has 0 saturated carbocycles. The third-order valence-corrected chi connectivity index (χ3v) is 1.41. The quantitative estimate of drug-likeness (QED) is 0.540. The van der Waals surface area contributed by atoms with Gasteiger partial charge in [0.05, 0.1) is 0 Å². The van der Waals surface area contributed by atoms with Crippen LogP contribution in [0.4, 0.5) is 0 Å². The molecule has 0 aromatic carbocycles. The molecule has 0 aromatic heterocycles. The maximum Gasteiger partial charge on any atom is 0.240 e. The van der Waals surface area contributed by atoms with Gasteiger partial charge in [-0.25, -0.2) is 0 Å². The van der Waals surface area contributed by atoms with Gasteiger partial charge in [0, 0.05) is 0 Å². The Kier molecular flexibility index (Phi) is 6.73. The molecule has 3 N–H and O–H groups in total. The average Bonchev–Trinajstić information content (AvgIpc) is 2.09. The highest BCUT2D eigenvalue weighted by Gasteiger charge is 1.93. The lowest BCUT2D eigenvalue weighted by atomic mass is 10.2. The molecule has 0 atom stereocenters. The number of hydrogen-bond acceptors (Lipinski definition) is 2. The van der Waals surface area contributed by atoms with E-state index in [2.05, 4.69) is 17.6 Å². The van der Waals surface area contributed by atoms with Gasteiger partial charge in [-0.3, -0.25) is 4.79 Å². The minimum Gasteiger partial charge on any atom is -0.366 e. The monoisotopic (exact) mass is 156 g/mol. The normalized spacial score (nSPS) is 16.0. The number of primary amides is 1. The van der Waals surface area contributed by atoms with Crippen LogP contribution in [-0.2, 0) is 4.79 Å². The van der Waals surface area contributed by atoms with Gasteiger partial charge in [0.25, 0.3) is 0 Å². The molecular formula is C8H16N2O. The third-order valence-electron chi connectivity index (χ3n) is 1.41. The molecule has 1 amide bonds. The SMILES string of the molecule is C1CCNCC1.C=CC(N)=O. The molecular weight excluding hydrogens is 140 g/mol. The highest BCUT2D eigenvalue weighted by Crippen LogP contribution is 1.96. The van der Waals surface area contributed by atoms with E-state index < -0.39 is 5.91 Å². The Bertz CT molecular complexity index is 108. The molecule has 64 valence electrons. The summed E-state index contributed by atoms with van der Waals surface area (Å²) in [7, 11) is 0. The number of nitrogens with two attached hydrogens (primary N) is 1. The second-order valence-electron chi connectivity index (χ2n) is 2.42. The predicted molar refractivity (Wildman–Crippen MR) is 46.1 cm³/mol. The van der Waals surface area contributed by atoms with Gasteiger partial charge in [-0.2, -0.15) is 0 Å². The molecule has 0 unspecified atom stereocenters.